The zero-order valence-electron chi connectivity index (χ0n) is 49.6. The van der Waals surface area contributed by atoms with Gasteiger partial charge in [-0.15, -0.1) is 0 Å². The molecule has 0 aromatic carbocycles. The van der Waals surface area contributed by atoms with Gasteiger partial charge in [0, 0.05) is 12.8 Å². The van der Waals surface area contributed by atoms with Gasteiger partial charge in [-0.1, -0.05) is 347 Å². The number of carbonyl (C=O) groups excluding carboxylic acids is 2. The first kappa shape index (κ1) is 71.6. The van der Waals surface area contributed by atoms with E-state index in [0.29, 0.717) is 19.4 Å². The topological polar surface area (TPSA) is 95.9 Å². The van der Waals surface area contributed by atoms with Crippen LogP contribution in [-0.2, 0) is 14.3 Å². The third-order valence-corrected chi connectivity index (χ3v) is 15.8. The molecule has 434 valence electrons. The van der Waals surface area contributed by atoms with Crippen molar-refractivity contribution in [2.45, 2.75) is 392 Å². The second kappa shape index (κ2) is 63.1. The van der Waals surface area contributed by atoms with Crippen LogP contribution in [0, 0.1) is 0 Å². The van der Waals surface area contributed by atoms with Crippen LogP contribution < -0.4 is 5.32 Å². The molecule has 1 amide bonds. The molecule has 0 fully saturated rings. The molecule has 0 aliphatic carbocycles. The molecule has 0 saturated carbocycles. The van der Waals surface area contributed by atoms with Crippen molar-refractivity contribution in [2.75, 3.05) is 13.2 Å². The minimum Gasteiger partial charge on any atom is -0.466 e. The Hall–Kier alpha value is -1.40. The van der Waals surface area contributed by atoms with Crippen molar-refractivity contribution in [3.8, 4) is 0 Å². The number of hydrogen-bond donors (Lipinski definition) is 3. The highest BCUT2D eigenvalue weighted by Gasteiger charge is 2.18. The number of amides is 1. The fourth-order valence-corrected chi connectivity index (χ4v) is 10.7. The van der Waals surface area contributed by atoms with Gasteiger partial charge in [0.25, 0.3) is 0 Å². The van der Waals surface area contributed by atoms with Gasteiger partial charge in [-0.3, -0.25) is 9.59 Å². The van der Waals surface area contributed by atoms with Gasteiger partial charge in [0.05, 0.1) is 25.4 Å². The van der Waals surface area contributed by atoms with Gasteiger partial charge >= 0.3 is 5.97 Å². The first-order valence-corrected chi connectivity index (χ1v) is 33.5. The quantitative estimate of drug-likeness (QED) is 0.0320. The molecule has 3 N–H and O–H groups in total. The number of hydrogen-bond acceptors (Lipinski definition) is 5. The summed E-state index contributed by atoms with van der Waals surface area (Å²) in [4.78, 5) is 24.5. The predicted molar refractivity (Wildman–Crippen MR) is 320 cm³/mol. The van der Waals surface area contributed by atoms with E-state index in [4.69, 9.17) is 4.74 Å². The van der Waals surface area contributed by atoms with E-state index in [1.165, 1.54) is 315 Å². The zero-order chi connectivity index (χ0) is 52.9. The van der Waals surface area contributed by atoms with Crippen LogP contribution >= 0.6 is 0 Å². The molecule has 73 heavy (non-hydrogen) atoms. The van der Waals surface area contributed by atoms with Crippen molar-refractivity contribution in [2.24, 2.45) is 0 Å². The van der Waals surface area contributed by atoms with E-state index in [-0.39, 0.29) is 18.5 Å². The number of aliphatic hydroxyl groups excluding tert-OH is 2. The lowest BCUT2D eigenvalue weighted by molar-refractivity contribution is -0.143. The largest absolute Gasteiger partial charge is 0.466 e. The number of allylic oxidation sites excluding steroid dienone is 1. The molecule has 0 aliphatic rings. The summed E-state index contributed by atoms with van der Waals surface area (Å²) in [7, 11) is 0. The summed E-state index contributed by atoms with van der Waals surface area (Å²) in [6, 6.07) is -0.624. The third-order valence-electron chi connectivity index (χ3n) is 15.8. The average Bonchev–Trinajstić information content (AvgIpc) is 3.39. The van der Waals surface area contributed by atoms with Crippen LogP contribution in [0.3, 0.4) is 0 Å². The molecule has 0 bridgehead atoms. The molecule has 2 atom stereocenters. The summed E-state index contributed by atoms with van der Waals surface area (Å²) in [5, 5.41) is 23.2. The van der Waals surface area contributed by atoms with Crippen LogP contribution in [0.15, 0.2) is 12.2 Å². The van der Waals surface area contributed by atoms with Crippen molar-refractivity contribution < 1.29 is 24.5 Å². The summed E-state index contributed by atoms with van der Waals surface area (Å²) in [6.07, 6.45) is 77.1. The Morgan fingerprint density at radius 3 is 0.932 bits per heavy atom. The third kappa shape index (κ3) is 59.7. The highest BCUT2D eigenvalue weighted by molar-refractivity contribution is 5.76. The lowest BCUT2D eigenvalue weighted by atomic mass is 10.0. The van der Waals surface area contributed by atoms with Gasteiger partial charge in [-0.05, 0) is 32.1 Å². The Bertz CT molecular complexity index is 1100. The van der Waals surface area contributed by atoms with Crippen molar-refractivity contribution in [1.29, 1.82) is 0 Å². The van der Waals surface area contributed by atoms with Gasteiger partial charge < -0.3 is 20.3 Å². The lowest BCUT2D eigenvalue weighted by Crippen LogP contribution is -2.45. The molecule has 0 aromatic heterocycles. The minimum atomic E-state index is -0.841. The van der Waals surface area contributed by atoms with Crippen molar-refractivity contribution in [3.63, 3.8) is 0 Å². The molecule has 0 heterocycles. The lowest BCUT2D eigenvalue weighted by Gasteiger charge is -2.20. The second-order valence-electron chi connectivity index (χ2n) is 23.2. The van der Waals surface area contributed by atoms with Crippen molar-refractivity contribution in [3.05, 3.63) is 12.2 Å². The van der Waals surface area contributed by atoms with E-state index in [2.05, 4.69) is 19.2 Å². The summed E-state index contributed by atoms with van der Waals surface area (Å²) < 4.78 is 5.47. The minimum absolute atomic E-state index is 0.0195. The molecule has 0 radical (unpaired) electrons. The van der Waals surface area contributed by atoms with E-state index in [0.717, 1.165) is 38.5 Å². The van der Waals surface area contributed by atoms with Gasteiger partial charge in [0.2, 0.25) is 5.91 Å². The van der Waals surface area contributed by atoms with Crippen LogP contribution in [0.4, 0.5) is 0 Å². The SMILES string of the molecule is CCCCCCCCCCCCCCCC/C=C/C(O)C(CO)NC(=O)CCCCCCCCCCCCCCCCCCCCCCCCCCCCCCCOC(=O)CCCCCCCCCCCCC. The van der Waals surface area contributed by atoms with Gasteiger partial charge in [-0.25, -0.2) is 0 Å². The summed E-state index contributed by atoms with van der Waals surface area (Å²) in [6.45, 7) is 4.93. The second-order valence-corrected chi connectivity index (χ2v) is 23.2. The van der Waals surface area contributed by atoms with Gasteiger partial charge in [0.15, 0.2) is 0 Å². The van der Waals surface area contributed by atoms with Crippen molar-refractivity contribution >= 4 is 11.9 Å². The van der Waals surface area contributed by atoms with Crippen LogP contribution in [0.5, 0.6) is 0 Å². The van der Waals surface area contributed by atoms with Crippen LogP contribution in [0.1, 0.15) is 380 Å². The first-order valence-electron chi connectivity index (χ1n) is 33.5. The van der Waals surface area contributed by atoms with E-state index in [1.54, 1.807) is 6.08 Å². The summed E-state index contributed by atoms with van der Waals surface area (Å²) in [5.41, 5.74) is 0. The molecular weight excluding hydrogens is 899 g/mol. The van der Waals surface area contributed by atoms with Gasteiger partial charge in [0.1, 0.15) is 0 Å². The van der Waals surface area contributed by atoms with E-state index in [1.807, 2.05) is 6.08 Å². The number of unbranched alkanes of at least 4 members (excludes halogenated alkanes) is 52. The molecule has 0 aromatic rings. The average molecular weight is 1030 g/mol. The molecule has 0 aliphatic heterocycles. The molecular formula is C67H131NO5. The first-order chi connectivity index (χ1) is 36.0. The van der Waals surface area contributed by atoms with E-state index >= 15 is 0 Å². The monoisotopic (exact) mass is 1030 g/mol. The maximum absolute atomic E-state index is 12.5. The number of rotatable bonds is 63. The number of carbonyl (C=O) groups is 2. The maximum Gasteiger partial charge on any atom is 0.305 e. The zero-order valence-corrected chi connectivity index (χ0v) is 49.6. The predicted octanol–water partition coefficient (Wildman–Crippen LogP) is 21.2. The molecule has 0 saturated heterocycles. The molecule has 6 heteroatoms. The highest BCUT2D eigenvalue weighted by atomic mass is 16.5. The van der Waals surface area contributed by atoms with Gasteiger partial charge in [-0.2, -0.15) is 0 Å². The van der Waals surface area contributed by atoms with Crippen molar-refractivity contribution in [1.82, 2.24) is 5.32 Å². The maximum atomic E-state index is 12.5. The Labute approximate surface area is 457 Å². The normalized spacial score (nSPS) is 12.5. The smallest absolute Gasteiger partial charge is 0.305 e. The molecule has 6 nitrogen and oxygen atoms in total. The number of aliphatic hydroxyl groups is 2. The summed E-state index contributed by atoms with van der Waals surface area (Å²) >= 11 is 0. The standard InChI is InChI=1S/C67H131NO5/c1-3-5-7-9-11-13-15-16-17-33-36-40-43-47-51-55-59-65(70)64(63-69)68-66(71)60-56-52-48-44-41-37-34-31-29-27-25-23-21-19-18-20-22-24-26-28-30-32-35-38-42-46-50-54-58-62-73-67(72)61-57-53-49-45-39-14-12-10-8-6-4-2/h55,59,64-65,69-70H,3-54,56-58,60-63H2,1-2H3,(H,68,71)/b59-55+. The molecule has 0 rings (SSSR count). The highest BCUT2D eigenvalue weighted by Crippen LogP contribution is 2.19. The van der Waals surface area contributed by atoms with E-state index < -0.39 is 12.1 Å². The van der Waals surface area contributed by atoms with E-state index in [9.17, 15) is 19.8 Å². The Balaban J connectivity index is 3.35. The Morgan fingerprint density at radius 2 is 0.630 bits per heavy atom. The summed E-state index contributed by atoms with van der Waals surface area (Å²) in [5.74, 6) is -0.0419. The molecule has 0 spiro atoms. The number of ether oxygens (including phenoxy) is 1. The fraction of sp³-hybridized carbons (Fsp3) is 0.940. The molecule has 2 unspecified atom stereocenters. The number of esters is 1. The number of nitrogens with one attached hydrogen (secondary N) is 1. The van der Waals surface area contributed by atoms with Crippen LogP contribution in [0.25, 0.3) is 0 Å². The Morgan fingerprint density at radius 1 is 0.370 bits per heavy atom. The van der Waals surface area contributed by atoms with Crippen LogP contribution in [-0.4, -0.2) is 47.4 Å². The Kier molecular flexibility index (Phi) is 61.9. The fourth-order valence-electron chi connectivity index (χ4n) is 10.7. The van der Waals surface area contributed by atoms with Crippen LogP contribution in [0.2, 0.25) is 0 Å².